The highest BCUT2D eigenvalue weighted by atomic mass is 16.6. The van der Waals surface area contributed by atoms with E-state index in [9.17, 15) is 14.9 Å². The molecule has 0 radical (unpaired) electrons. The van der Waals surface area contributed by atoms with E-state index in [0.29, 0.717) is 12.1 Å². The van der Waals surface area contributed by atoms with E-state index in [0.717, 1.165) is 18.4 Å². The van der Waals surface area contributed by atoms with Crippen molar-refractivity contribution in [2.45, 2.75) is 25.4 Å². The van der Waals surface area contributed by atoms with Crippen LogP contribution >= 0.6 is 0 Å². The lowest BCUT2D eigenvalue weighted by atomic mass is 10.1. The summed E-state index contributed by atoms with van der Waals surface area (Å²) >= 11 is 0. The Labute approximate surface area is 128 Å². The molecule has 5 heteroatoms. The summed E-state index contributed by atoms with van der Waals surface area (Å²) in [6, 6.07) is 15.9. The highest BCUT2D eigenvalue weighted by Crippen LogP contribution is 2.30. The Morgan fingerprint density at radius 2 is 1.73 bits per heavy atom. The first-order valence-corrected chi connectivity index (χ1v) is 7.24. The molecule has 0 spiro atoms. The zero-order valence-electron chi connectivity index (χ0n) is 12.0. The van der Waals surface area contributed by atoms with Crippen molar-refractivity contribution in [3.8, 4) is 0 Å². The Morgan fingerprint density at radius 1 is 1.09 bits per heavy atom. The predicted octanol–water partition coefficient (Wildman–Crippen LogP) is 3.40. The highest BCUT2D eigenvalue weighted by Gasteiger charge is 2.33. The van der Waals surface area contributed by atoms with Crippen LogP contribution in [0.4, 0.5) is 5.69 Å². The molecule has 3 rings (SSSR count). The van der Waals surface area contributed by atoms with Crippen molar-refractivity contribution in [3.63, 3.8) is 0 Å². The summed E-state index contributed by atoms with van der Waals surface area (Å²) < 4.78 is 0. The van der Waals surface area contributed by atoms with E-state index in [1.54, 1.807) is 0 Å². The van der Waals surface area contributed by atoms with Crippen LogP contribution in [-0.4, -0.2) is 21.8 Å². The van der Waals surface area contributed by atoms with Gasteiger partial charge in [0.1, 0.15) is 0 Å². The van der Waals surface area contributed by atoms with Crippen LogP contribution in [0, 0.1) is 10.1 Å². The zero-order chi connectivity index (χ0) is 15.5. The van der Waals surface area contributed by atoms with Crippen molar-refractivity contribution in [1.29, 1.82) is 0 Å². The number of carbonyl (C=O) groups excluding carboxylic acids is 1. The monoisotopic (exact) mass is 296 g/mol. The van der Waals surface area contributed by atoms with Crippen LogP contribution in [0.1, 0.15) is 28.8 Å². The summed E-state index contributed by atoms with van der Waals surface area (Å²) in [5.74, 6) is -0.0683. The fraction of sp³-hybridized carbons (Fsp3) is 0.235. The van der Waals surface area contributed by atoms with Gasteiger partial charge in [-0.15, -0.1) is 0 Å². The number of non-ortho nitro benzene ring substituents is 1. The van der Waals surface area contributed by atoms with Crippen LogP contribution in [0.3, 0.4) is 0 Å². The molecule has 0 atom stereocenters. The summed E-state index contributed by atoms with van der Waals surface area (Å²) in [5.41, 5.74) is 1.58. The number of hydrogen-bond acceptors (Lipinski definition) is 3. The molecule has 1 aliphatic carbocycles. The highest BCUT2D eigenvalue weighted by molar-refractivity contribution is 5.94. The van der Waals surface area contributed by atoms with Crippen LogP contribution in [0.2, 0.25) is 0 Å². The normalized spacial score (nSPS) is 13.6. The number of rotatable bonds is 5. The van der Waals surface area contributed by atoms with Gasteiger partial charge in [0.15, 0.2) is 0 Å². The minimum absolute atomic E-state index is 0.00224. The first-order valence-electron chi connectivity index (χ1n) is 7.24. The summed E-state index contributed by atoms with van der Waals surface area (Å²) in [5, 5.41) is 10.7. The second-order valence-electron chi connectivity index (χ2n) is 5.45. The molecule has 0 bridgehead atoms. The van der Waals surface area contributed by atoms with Crippen molar-refractivity contribution in [3.05, 3.63) is 75.8 Å². The first-order chi connectivity index (χ1) is 10.6. The zero-order valence-corrected chi connectivity index (χ0v) is 12.0. The summed E-state index contributed by atoms with van der Waals surface area (Å²) in [6.45, 7) is 0.571. The molecule has 0 unspecified atom stereocenters. The summed E-state index contributed by atoms with van der Waals surface area (Å²) in [4.78, 5) is 24.7. The van der Waals surface area contributed by atoms with Crippen molar-refractivity contribution in [2.24, 2.45) is 0 Å². The Hall–Kier alpha value is -2.69. The lowest BCUT2D eigenvalue weighted by Crippen LogP contribution is -2.32. The lowest BCUT2D eigenvalue weighted by molar-refractivity contribution is -0.384. The second kappa shape index (κ2) is 5.97. The first kappa shape index (κ1) is 14.3. The Morgan fingerprint density at radius 3 is 2.27 bits per heavy atom. The van der Waals surface area contributed by atoms with Gasteiger partial charge < -0.3 is 4.90 Å². The van der Waals surface area contributed by atoms with Crippen molar-refractivity contribution >= 4 is 11.6 Å². The maximum Gasteiger partial charge on any atom is 0.269 e. The molecule has 0 N–H and O–H groups in total. The maximum absolute atomic E-state index is 12.7. The molecule has 2 aromatic carbocycles. The van der Waals surface area contributed by atoms with E-state index in [1.807, 2.05) is 35.2 Å². The molecule has 5 nitrogen and oxygen atoms in total. The number of nitro groups is 1. The number of hydrogen-bond donors (Lipinski definition) is 0. The number of carbonyl (C=O) groups is 1. The van der Waals surface area contributed by atoms with Crippen LogP contribution < -0.4 is 0 Å². The van der Waals surface area contributed by atoms with Crippen LogP contribution in [-0.2, 0) is 6.54 Å². The quantitative estimate of drug-likeness (QED) is 0.627. The maximum atomic E-state index is 12.7. The van der Waals surface area contributed by atoms with Gasteiger partial charge in [0.05, 0.1) is 4.92 Å². The minimum atomic E-state index is -0.461. The molecule has 1 amide bonds. The number of benzene rings is 2. The van der Waals surface area contributed by atoms with E-state index in [1.165, 1.54) is 24.3 Å². The molecule has 2 aromatic rings. The second-order valence-corrected chi connectivity index (χ2v) is 5.45. The van der Waals surface area contributed by atoms with E-state index < -0.39 is 4.92 Å². The molecular weight excluding hydrogens is 280 g/mol. The van der Waals surface area contributed by atoms with Gasteiger partial charge in [-0.3, -0.25) is 14.9 Å². The number of nitrogens with zero attached hydrogens (tertiary/aromatic N) is 2. The molecule has 0 heterocycles. The molecule has 22 heavy (non-hydrogen) atoms. The molecule has 0 aromatic heterocycles. The van der Waals surface area contributed by atoms with Gasteiger partial charge in [0.2, 0.25) is 0 Å². The van der Waals surface area contributed by atoms with Gasteiger partial charge in [-0.1, -0.05) is 30.3 Å². The Bertz CT molecular complexity index is 679. The third-order valence-corrected chi connectivity index (χ3v) is 3.77. The summed E-state index contributed by atoms with van der Waals surface area (Å²) in [7, 11) is 0. The average Bonchev–Trinajstić information content (AvgIpc) is 3.38. The van der Waals surface area contributed by atoms with Crippen molar-refractivity contribution in [1.82, 2.24) is 4.90 Å². The fourth-order valence-corrected chi connectivity index (χ4v) is 2.42. The van der Waals surface area contributed by atoms with Crippen LogP contribution in [0.5, 0.6) is 0 Å². The molecule has 0 aliphatic heterocycles. The standard InChI is InChI=1S/C17H16N2O3/c20-17(14-6-8-16(9-7-14)19(21)22)18(15-10-11-15)12-13-4-2-1-3-5-13/h1-9,15H,10-12H2. The van der Waals surface area contributed by atoms with Gasteiger partial charge in [-0.2, -0.15) is 0 Å². The third kappa shape index (κ3) is 3.14. The van der Waals surface area contributed by atoms with Gasteiger partial charge in [-0.05, 0) is 30.5 Å². The van der Waals surface area contributed by atoms with Crippen LogP contribution in [0.15, 0.2) is 54.6 Å². The van der Waals surface area contributed by atoms with E-state index in [2.05, 4.69) is 0 Å². The number of amides is 1. The van der Waals surface area contributed by atoms with Crippen LogP contribution in [0.25, 0.3) is 0 Å². The SMILES string of the molecule is O=C(c1ccc([N+](=O)[O-])cc1)N(Cc1ccccc1)C1CC1. The molecule has 1 saturated carbocycles. The fourth-order valence-electron chi connectivity index (χ4n) is 2.42. The molecule has 112 valence electrons. The molecular formula is C17H16N2O3. The minimum Gasteiger partial charge on any atom is -0.331 e. The Balaban J connectivity index is 1.79. The largest absolute Gasteiger partial charge is 0.331 e. The lowest BCUT2D eigenvalue weighted by Gasteiger charge is -2.22. The average molecular weight is 296 g/mol. The Kier molecular flexibility index (Phi) is 3.87. The predicted molar refractivity (Wildman–Crippen MR) is 82.4 cm³/mol. The van der Waals surface area contributed by atoms with E-state index in [-0.39, 0.29) is 17.6 Å². The van der Waals surface area contributed by atoms with Gasteiger partial charge in [0, 0.05) is 30.3 Å². The molecule has 0 saturated heterocycles. The smallest absolute Gasteiger partial charge is 0.269 e. The van der Waals surface area contributed by atoms with Crippen molar-refractivity contribution in [2.75, 3.05) is 0 Å². The van der Waals surface area contributed by atoms with Crippen molar-refractivity contribution < 1.29 is 9.72 Å². The topological polar surface area (TPSA) is 63.4 Å². The molecule has 1 aliphatic rings. The van der Waals surface area contributed by atoms with E-state index >= 15 is 0 Å². The van der Waals surface area contributed by atoms with Gasteiger partial charge in [0.25, 0.3) is 11.6 Å². The molecule has 1 fully saturated rings. The van der Waals surface area contributed by atoms with Gasteiger partial charge >= 0.3 is 0 Å². The van der Waals surface area contributed by atoms with Gasteiger partial charge in [-0.25, -0.2) is 0 Å². The summed E-state index contributed by atoms with van der Waals surface area (Å²) in [6.07, 6.45) is 2.04. The van der Waals surface area contributed by atoms with E-state index in [4.69, 9.17) is 0 Å². The number of nitro benzene ring substituents is 1. The third-order valence-electron chi connectivity index (χ3n) is 3.77.